The summed E-state index contributed by atoms with van der Waals surface area (Å²) >= 11 is 0. The van der Waals surface area contributed by atoms with Gasteiger partial charge in [0, 0.05) is 0 Å². The van der Waals surface area contributed by atoms with Gasteiger partial charge in [-0.05, 0) is 40.5 Å². The normalized spacial score (nSPS) is 18.7. The zero-order chi connectivity index (χ0) is 19.0. The zero-order valence-electron chi connectivity index (χ0n) is 14.4. The number of aromatic hydroxyl groups is 1. The first-order valence-corrected chi connectivity index (χ1v) is 9.95. The molecule has 7 heteroatoms. The predicted molar refractivity (Wildman–Crippen MR) is 104 cm³/mol. The summed E-state index contributed by atoms with van der Waals surface area (Å²) in [5.74, 6) is -0.134. The average molecular weight is 382 g/mol. The lowest BCUT2D eigenvalue weighted by Gasteiger charge is -2.17. The Bertz CT molecular complexity index is 1130. The number of carbonyl (C=O) groups excluding carboxylic acids is 1. The Hall–Kier alpha value is -2.90. The van der Waals surface area contributed by atoms with E-state index in [1.807, 2.05) is 24.3 Å². The van der Waals surface area contributed by atoms with Gasteiger partial charge >= 0.3 is 10.2 Å². The van der Waals surface area contributed by atoms with Crippen LogP contribution >= 0.6 is 0 Å². The van der Waals surface area contributed by atoms with Gasteiger partial charge in [-0.1, -0.05) is 48.5 Å². The molecule has 3 aromatic rings. The van der Waals surface area contributed by atoms with Crippen LogP contribution in [0.5, 0.6) is 5.75 Å². The van der Waals surface area contributed by atoms with Crippen molar-refractivity contribution in [3.8, 4) is 5.75 Å². The molecule has 0 aromatic heterocycles. The highest BCUT2D eigenvalue weighted by atomic mass is 32.2. The number of hydrogen-bond acceptors (Lipinski definition) is 4. The van der Waals surface area contributed by atoms with E-state index in [1.54, 1.807) is 18.2 Å². The molecule has 138 valence electrons. The number of phenolic OH excluding ortho intramolecular Hbond substituents is 1. The molecule has 0 radical (unpaired) electrons. The van der Waals surface area contributed by atoms with Gasteiger partial charge in [0.15, 0.2) is 0 Å². The third-order valence-corrected chi connectivity index (χ3v) is 6.17. The summed E-state index contributed by atoms with van der Waals surface area (Å²) in [6.07, 6.45) is 1.16. The highest BCUT2D eigenvalue weighted by Crippen LogP contribution is 2.32. The van der Waals surface area contributed by atoms with Crippen molar-refractivity contribution in [2.24, 2.45) is 0 Å². The van der Waals surface area contributed by atoms with Crippen molar-refractivity contribution >= 4 is 33.0 Å². The molecule has 0 spiro atoms. The highest BCUT2D eigenvalue weighted by Gasteiger charge is 2.36. The zero-order valence-corrected chi connectivity index (χ0v) is 15.2. The van der Waals surface area contributed by atoms with Gasteiger partial charge in [0.1, 0.15) is 12.0 Å². The number of nitrogens with zero attached hydrogens (tertiary/aromatic N) is 1. The minimum absolute atomic E-state index is 0.0383. The average Bonchev–Trinajstić information content (AvgIpc) is 2.96. The second-order valence-electron chi connectivity index (χ2n) is 6.58. The van der Waals surface area contributed by atoms with Crippen molar-refractivity contribution in [2.75, 3.05) is 10.8 Å². The molecule has 1 aliphatic rings. The molecule has 0 amide bonds. The standard InChI is InChI=1S/C20H18N2O4S/c23-13-18-12-22(27(25,26)21-18)19-8-6-15(11-20(19)24)9-14-5-7-16-3-1-2-4-17(16)10-14/h1-8,10-11,13,18,21,24H,9,12H2. The van der Waals surface area contributed by atoms with Crippen molar-refractivity contribution in [2.45, 2.75) is 12.5 Å². The molecule has 1 fully saturated rings. The molecular weight excluding hydrogens is 364 g/mol. The third kappa shape index (κ3) is 3.39. The van der Waals surface area contributed by atoms with Crippen LogP contribution in [0.4, 0.5) is 5.69 Å². The second-order valence-corrected chi connectivity index (χ2v) is 8.20. The summed E-state index contributed by atoms with van der Waals surface area (Å²) in [5, 5.41) is 12.7. The maximum absolute atomic E-state index is 12.1. The first-order valence-electron chi connectivity index (χ1n) is 8.51. The molecule has 6 nitrogen and oxygen atoms in total. The predicted octanol–water partition coefficient (Wildman–Crippen LogP) is 2.36. The number of aldehydes is 1. The van der Waals surface area contributed by atoms with Gasteiger partial charge in [0.25, 0.3) is 0 Å². The Morgan fingerprint density at radius 1 is 1.04 bits per heavy atom. The highest BCUT2D eigenvalue weighted by molar-refractivity contribution is 7.91. The Labute approximate surface area is 157 Å². The molecule has 3 aromatic carbocycles. The molecule has 4 rings (SSSR count). The number of anilines is 1. The van der Waals surface area contributed by atoms with E-state index in [2.05, 4.69) is 22.9 Å². The molecule has 1 heterocycles. The summed E-state index contributed by atoms with van der Waals surface area (Å²) in [6.45, 7) is -0.0383. The number of hydrogen-bond donors (Lipinski definition) is 2. The number of nitrogens with one attached hydrogen (secondary N) is 1. The topological polar surface area (TPSA) is 86.7 Å². The summed E-state index contributed by atoms with van der Waals surface area (Å²) in [6, 6.07) is 18.4. The van der Waals surface area contributed by atoms with Crippen LogP contribution in [0.15, 0.2) is 60.7 Å². The smallest absolute Gasteiger partial charge is 0.302 e. The number of rotatable bonds is 4. The quantitative estimate of drug-likeness (QED) is 0.678. The van der Waals surface area contributed by atoms with Crippen molar-refractivity contribution in [3.63, 3.8) is 0 Å². The van der Waals surface area contributed by atoms with Crippen LogP contribution in [0.2, 0.25) is 0 Å². The molecule has 1 saturated heterocycles. The monoisotopic (exact) mass is 382 g/mol. The fraction of sp³-hybridized carbons (Fsp3) is 0.150. The van der Waals surface area contributed by atoms with E-state index in [0.29, 0.717) is 12.7 Å². The van der Waals surface area contributed by atoms with E-state index in [0.717, 1.165) is 26.2 Å². The molecule has 1 atom stereocenters. The maximum Gasteiger partial charge on any atom is 0.302 e. The van der Waals surface area contributed by atoms with Gasteiger partial charge in [0.2, 0.25) is 0 Å². The van der Waals surface area contributed by atoms with Gasteiger partial charge in [-0.25, -0.2) is 0 Å². The number of benzene rings is 3. The van der Waals surface area contributed by atoms with Gasteiger partial charge in [0.05, 0.1) is 18.3 Å². The molecule has 0 aliphatic carbocycles. The summed E-state index contributed by atoms with van der Waals surface area (Å²) < 4.78 is 27.5. The maximum atomic E-state index is 12.1. The van der Waals surface area contributed by atoms with E-state index in [1.165, 1.54) is 0 Å². The molecule has 2 N–H and O–H groups in total. The van der Waals surface area contributed by atoms with E-state index < -0.39 is 16.3 Å². The van der Waals surface area contributed by atoms with E-state index in [9.17, 15) is 18.3 Å². The van der Waals surface area contributed by atoms with E-state index in [-0.39, 0.29) is 18.0 Å². The van der Waals surface area contributed by atoms with Gasteiger partial charge in [-0.3, -0.25) is 4.31 Å². The van der Waals surface area contributed by atoms with Crippen molar-refractivity contribution in [1.29, 1.82) is 0 Å². The number of fused-ring (bicyclic) bond motifs is 1. The van der Waals surface area contributed by atoms with Gasteiger partial charge in [-0.15, -0.1) is 0 Å². The van der Waals surface area contributed by atoms with Gasteiger partial charge in [-0.2, -0.15) is 13.1 Å². The van der Waals surface area contributed by atoms with Crippen molar-refractivity contribution < 1.29 is 18.3 Å². The van der Waals surface area contributed by atoms with Crippen LogP contribution in [0, 0.1) is 0 Å². The molecule has 1 aliphatic heterocycles. The molecular formula is C20H18N2O4S. The van der Waals surface area contributed by atoms with Crippen LogP contribution in [-0.4, -0.2) is 32.4 Å². The molecule has 0 saturated carbocycles. The molecule has 0 bridgehead atoms. The van der Waals surface area contributed by atoms with Gasteiger partial charge < -0.3 is 9.90 Å². The third-order valence-electron chi connectivity index (χ3n) is 4.65. The fourth-order valence-electron chi connectivity index (χ4n) is 3.34. The Morgan fingerprint density at radius 3 is 2.44 bits per heavy atom. The lowest BCUT2D eigenvalue weighted by atomic mass is 10.0. The van der Waals surface area contributed by atoms with Crippen molar-refractivity contribution in [3.05, 3.63) is 71.8 Å². The van der Waals surface area contributed by atoms with Crippen molar-refractivity contribution in [1.82, 2.24) is 4.72 Å². The fourth-order valence-corrected chi connectivity index (χ4v) is 4.75. The lowest BCUT2D eigenvalue weighted by molar-refractivity contribution is -0.108. The Balaban J connectivity index is 1.60. The Morgan fingerprint density at radius 2 is 1.74 bits per heavy atom. The van der Waals surface area contributed by atoms with Crippen LogP contribution in [-0.2, 0) is 21.4 Å². The summed E-state index contributed by atoms with van der Waals surface area (Å²) in [4.78, 5) is 10.9. The summed E-state index contributed by atoms with van der Waals surface area (Å²) in [7, 11) is -3.83. The minimum atomic E-state index is -3.83. The minimum Gasteiger partial charge on any atom is -0.506 e. The van der Waals surface area contributed by atoms with Crippen LogP contribution in [0.25, 0.3) is 10.8 Å². The Kier molecular flexibility index (Phi) is 4.33. The largest absolute Gasteiger partial charge is 0.506 e. The number of phenols is 1. The van der Waals surface area contributed by atoms with E-state index in [4.69, 9.17) is 0 Å². The first-order chi connectivity index (χ1) is 13.0. The molecule has 27 heavy (non-hydrogen) atoms. The number of carbonyl (C=O) groups is 1. The first kappa shape index (κ1) is 17.5. The molecule has 1 unspecified atom stereocenters. The van der Waals surface area contributed by atoms with E-state index >= 15 is 0 Å². The second kappa shape index (κ2) is 6.68. The van der Waals surface area contributed by atoms with Crippen LogP contribution < -0.4 is 9.03 Å². The summed E-state index contributed by atoms with van der Waals surface area (Å²) in [5.41, 5.74) is 2.12. The lowest BCUT2D eigenvalue weighted by Crippen LogP contribution is -2.30. The van der Waals surface area contributed by atoms with Crippen LogP contribution in [0.1, 0.15) is 11.1 Å². The SMILES string of the molecule is O=CC1CN(c2ccc(Cc3ccc4ccccc4c3)cc2O)S(=O)(=O)N1. The van der Waals surface area contributed by atoms with Crippen LogP contribution in [0.3, 0.4) is 0 Å².